The van der Waals surface area contributed by atoms with Gasteiger partial charge >= 0.3 is 12.0 Å². The number of likely N-dealkylation sites (tertiary alicyclic amines) is 1. The van der Waals surface area contributed by atoms with Crippen molar-refractivity contribution in [1.82, 2.24) is 4.90 Å². The first-order chi connectivity index (χ1) is 11.6. The summed E-state index contributed by atoms with van der Waals surface area (Å²) in [6.45, 7) is 5.88. The van der Waals surface area contributed by atoms with Crippen molar-refractivity contribution in [3.63, 3.8) is 0 Å². The number of methoxy groups -OCH3 is 1. The molecule has 0 aromatic heterocycles. The average molecular weight is 403 g/mol. The van der Waals surface area contributed by atoms with Gasteiger partial charge in [0.1, 0.15) is 6.04 Å². The molecule has 9 heteroatoms. The Balaban J connectivity index is 2.47. The Morgan fingerprint density at radius 2 is 1.88 bits per heavy atom. The number of imide groups is 1. The molecule has 1 heterocycles. The summed E-state index contributed by atoms with van der Waals surface area (Å²) in [5.41, 5.74) is 0.543. The third-order valence-corrected chi connectivity index (χ3v) is 6.44. The van der Waals surface area contributed by atoms with Crippen LogP contribution >= 0.6 is 23.2 Å². The SMILES string of the molecule is COC(=O)C1CCC(=O)N1C(=O)N(c1ccc(Cl)c(Cl)c1)[Si](C)(C)C. The first-order valence-corrected chi connectivity index (χ1v) is 12.0. The first kappa shape index (κ1) is 19.7. The van der Waals surface area contributed by atoms with Crippen LogP contribution in [-0.2, 0) is 14.3 Å². The highest BCUT2D eigenvalue weighted by Crippen LogP contribution is 2.32. The number of hydrogen-bond acceptors (Lipinski definition) is 4. The van der Waals surface area contributed by atoms with E-state index in [-0.39, 0.29) is 18.7 Å². The summed E-state index contributed by atoms with van der Waals surface area (Å²) < 4.78 is 6.30. The van der Waals surface area contributed by atoms with Gasteiger partial charge in [-0.05, 0) is 24.6 Å². The van der Waals surface area contributed by atoms with Crippen molar-refractivity contribution >= 4 is 55.0 Å². The van der Waals surface area contributed by atoms with Gasteiger partial charge in [0.15, 0.2) is 8.24 Å². The number of rotatable bonds is 3. The van der Waals surface area contributed by atoms with Crippen LogP contribution < -0.4 is 4.57 Å². The van der Waals surface area contributed by atoms with Gasteiger partial charge in [0.25, 0.3) is 0 Å². The van der Waals surface area contributed by atoms with E-state index in [1.807, 2.05) is 19.6 Å². The molecule has 136 valence electrons. The number of carbonyl (C=O) groups is 3. The normalized spacial score (nSPS) is 17.6. The minimum atomic E-state index is -2.27. The molecule has 1 aliphatic heterocycles. The average Bonchev–Trinajstić information content (AvgIpc) is 2.90. The van der Waals surface area contributed by atoms with Crippen molar-refractivity contribution < 1.29 is 19.1 Å². The van der Waals surface area contributed by atoms with Gasteiger partial charge in [-0.2, -0.15) is 0 Å². The van der Waals surface area contributed by atoms with Crippen LogP contribution in [0.15, 0.2) is 18.2 Å². The number of amides is 3. The standard InChI is InChI=1S/C16H20Cl2N2O4Si/c1-24-15(22)13-7-8-14(21)19(13)16(23)20(25(2,3)4)10-5-6-11(17)12(18)9-10/h5-6,9,13H,7-8H2,1-4H3. The molecule has 0 radical (unpaired) electrons. The Morgan fingerprint density at radius 1 is 1.24 bits per heavy atom. The second-order valence-electron chi connectivity index (χ2n) is 6.73. The zero-order chi connectivity index (χ0) is 18.9. The number of carbonyl (C=O) groups excluding carboxylic acids is 3. The Kier molecular flexibility index (Phi) is 5.81. The summed E-state index contributed by atoms with van der Waals surface area (Å²) in [6.07, 6.45) is 0.393. The maximum Gasteiger partial charge on any atom is 0.329 e. The Morgan fingerprint density at radius 3 is 2.40 bits per heavy atom. The minimum Gasteiger partial charge on any atom is -0.467 e. The maximum absolute atomic E-state index is 13.2. The second kappa shape index (κ2) is 7.35. The summed E-state index contributed by atoms with van der Waals surface area (Å²) >= 11 is 12.1. The predicted molar refractivity (Wildman–Crippen MR) is 99.6 cm³/mol. The zero-order valence-electron chi connectivity index (χ0n) is 14.5. The van der Waals surface area contributed by atoms with Gasteiger partial charge in [0.05, 0.1) is 17.2 Å². The van der Waals surface area contributed by atoms with Gasteiger partial charge in [-0.1, -0.05) is 42.8 Å². The topological polar surface area (TPSA) is 66.9 Å². The van der Waals surface area contributed by atoms with E-state index in [1.54, 1.807) is 22.8 Å². The van der Waals surface area contributed by atoms with Crippen LogP contribution in [0.2, 0.25) is 29.7 Å². The molecular weight excluding hydrogens is 383 g/mol. The molecule has 1 aliphatic rings. The fraction of sp³-hybridized carbons (Fsp3) is 0.438. The summed E-state index contributed by atoms with van der Waals surface area (Å²) in [7, 11) is -1.03. The monoisotopic (exact) mass is 402 g/mol. The summed E-state index contributed by atoms with van der Waals surface area (Å²) in [6, 6.07) is 3.44. The summed E-state index contributed by atoms with van der Waals surface area (Å²) in [4.78, 5) is 38.5. The number of esters is 1. The van der Waals surface area contributed by atoms with Crippen LogP contribution in [0.3, 0.4) is 0 Å². The van der Waals surface area contributed by atoms with E-state index in [2.05, 4.69) is 0 Å². The van der Waals surface area contributed by atoms with Crippen LogP contribution in [0.1, 0.15) is 12.8 Å². The van der Waals surface area contributed by atoms with Crippen LogP contribution in [-0.4, -0.2) is 44.2 Å². The molecule has 2 rings (SSSR count). The van der Waals surface area contributed by atoms with Crippen LogP contribution in [0, 0.1) is 0 Å². The molecule has 0 bridgehead atoms. The lowest BCUT2D eigenvalue weighted by Gasteiger charge is -2.37. The number of ether oxygens (including phenoxy) is 1. The van der Waals surface area contributed by atoms with Gasteiger partial charge in [0, 0.05) is 12.1 Å². The quantitative estimate of drug-likeness (QED) is 0.567. The molecule has 1 atom stereocenters. The van der Waals surface area contributed by atoms with Crippen LogP contribution in [0.4, 0.5) is 10.5 Å². The fourth-order valence-electron chi connectivity index (χ4n) is 2.80. The van der Waals surface area contributed by atoms with E-state index < -0.39 is 26.3 Å². The zero-order valence-corrected chi connectivity index (χ0v) is 17.0. The lowest BCUT2D eigenvalue weighted by atomic mass is 10.2. The van der Waals surface area contributed by atoms with Gasteiger partial charge in [-0.25, -0.2) is 9.59 Å². The molecule has 0 saturated carbocycles. The summed E-state index contributed by atoms with van der Waals surface area (Å²) in [5.74, 6) is -0.979. The van der Waals surface area contributed by atoms with Crippen molar-refractivity contribution in [3.8, 4) is 0 Å². The number of halogens is 2. The molecule has 1 aromatic carbocycles. The molecule has 1 saturated heterocycles. The van der Waals surface area contributed by atoms with Gasteiger partial charge in [0.2, 0.25) is 5.91 Å². The Bertz CT molecular complexity index is 721. The third-order valence-electron chi connectivity index (χ3n) is 3.91. The molecule has 3 amide bonds. The van der Waals surface area contributed by atoms with Crippen LogP contribution in [0.25, 0.3) is 0 Å². The van der Waals surface area contributed by atoms with Gasteiger partial charge < -0.3 is 9.30 Å². The van der Waals surface area contributed by atoms with Gasteiger partial charge in [-0.3, -0.25) is 9.69 Å². The molecule has 25 heavy (non-hydrogen) atoms. The van der Waals surface area contributed by atoms with E-state index >= 15 is 0 Å². The first-order valence-electron chi connectivity index (χ1n) is 7.77. The number of nitrogens with zero attached hydrogens (tertiary/aromatic N) is 2. The van der Waals surface area contributed by atoms with E-state index in [0.29, 0.717) is 15.7 Å². The molecule has 6 nitrogen and oxygen atoms in total. The summed E-state index contributed by atoms with van der Waals surface area (Å²) in [5, 5.41) is 0.686. The molecular formula is C16H20Cl2N2O4Si. The largest absolute Gasteiger partial charge is 0.467 e. The van der Waals surface area contributed by atoms with Crippen molar-refractivity contribution in [1.29, 1.82) is 0 Å². The molecule has 1 aromatic rings. The molecule has 0 N–H and O–H groups in total. The Hall–Kier alpha value is -1.57. The van der Waals surface area contributed by atoms with Crippen molar-refractivity contribution in [2.45, 2.75) is 38.5 Å². The van der Waals surface area contributed by atoms with E-state index in [4.69, 9.17) is 27.9 Å². The van der Waals surface area contributed by atoms with E-state index in [1.165, 1.54) is 7.11 Å². The predicted octanol–water partition coefficient (Wildman–Crippen LogP) is 3.92. The maximum atomic E-state index is 13.2. The van der Waals surface area contributed by atoms with Crippen molar-refractivity contribution in [2.75, 3.05) is 11.7 Å². The highest BCUT2D eigenvalue weighted by molar-refractivity contribution is 6.83. The molecule has 1 unspecified atom stereocenters. The van der Waals surface area contributed by atoms with Crippen molar-refractivity contribution in [2.24, 2.45) is 0 Å². The minimum absolute atomic E-state index is 0.131. The Labute approximate surface area is 157 Å². The smallest absolute Gasteiger partial charge is 0.329 e. The highest BCUT2D eigenvalue weighted by atomic mass is 35.5. The molecule has 0 spiro atoms. The fourth-order valence-corrected chi connectivity index (χ4v) is 4.69. The number of anilines is 1. The number of urea groups is 1. The lowest BCUT2D eigenvalue weighted by molar-refractivity contribution is -0.147. The third kappa shape index (κ3) is 3.99. The van der Waals surface area contributed by atoms with E-state index in [9.17, 15) is 14.4 Å². The van der Waals surface area contributed by atoms with Crippen LogP contribution in [0.5, 0.6) is 0 Å². The lowest BCUT2D eigenvalue weighted by Crippen LogP contribution is -2.58. The number of hydrogen-bond donors (Lipinski definition) is 0. The second-order valence-corrected chi connectivity index (χ2v) is 12.3. The molecule has 0 aliphatic carbocycles. The van der Waals surface area contributed by atoms with Crippen molar-refractivity contribution in [3.05, 3.63) is 28.2 Å². The van der Waals surface area contributed by atoms with Gasteiger partial charge in [-0.15, -0.1) is 0 Å². The highest BCUT2D eigenvalue weighted by Gasteiger charge is 2.45. The van der Waals surface area contributed by atoms with E-state index in [0.717, 1.165) is 4.90 Å². The number of benzene rings is 1. The molecule has 1 fully saturated rings.